The molecule has 0 radical (unpaired) electrons. The standard InChI is InChI=1S/C11H6N4O2/c12-6-8-3-5-14-10(11(8)15(16)17)9-2-1-4-13-7-9/h1-5,7H. The first-order chi connectivity index (χ1) is 8.24. The Hall–Kier alpha value is -2.81. The number of pyridine rings is 2. The highest BCUT2D eigenvalue weighted by atomic mass is 16.6. The quantitative estimate of drug-likeness (QED) is 0.576. The average molecular weight is 226 g/mol. The van der Waals surface area contributed by atoms with Gasteiger partial charge in [0, 0.05) is 24.2 Å². The molecule has 0 unspecified atom stereocenters. The second-order valence-corrected chi connectivity index (χ2v) is 3.17. The van der Waals surface area contributed by atoms with E-state index in [4.69, 9.17) is 5.26 Å². The van der Waals surface area contributed by atoms with Crippen molar-refractivity contribution in [2.24, 2.45) is 0 Å². The van der Waals surface area contributed by atoms with E-state index in [0.29, 0.717) is 5.56 Å². The maximum atomic E-state index is 11.0. The summed E-state index contributed by atoms with van der Waals surface area (Å²) in [5, 5.41) is 19.8. The minimum absolute atomic E-state index is 0.0103. The van der Waals surface area contributed by atoms with E-state index in [1.165, 1.54) is 18.5 Å². The molecule has 0 aliphatic carbocycles. The van der Waals surface area contributed by atoms with Crippen LogP contribution < -0.4 is 0 Å². The van der Waals surface area contributed by atoms with Gasteiger partial charge in [-0.2, -0.15) is 5.26 Å². The van der Waals surface area contributed by atoms with Crippen LogP contribution in [0.25, 0.3) is 11.3 Å². The van der Waals surface area contributed by atoms with Crippen LogP contribution in [0.1, 0.15) is 5.56 Å². The van der Waals surface area contributed by atoms with Crippen molar-refractivity contribution < 1.29 is 4.92 Å². The Morgan fingerprint density at radius 3 is 2.76 bits per heavy atom. The molecule has 0 saturated carbocycles. The van der Waals surface area contributed by atoms with Gasteiger partial charge in [-0.1, -0.05) is 0 Å². The molecule has 0 fully saturated rings. The van der Waals surface area contributed by atoms with Crippen molar-refractivity contribution >= 4 is 5.69 Å². The molecule has 2 heterocycles. The average Bonchev–Trinajstić information content (AvgIpc) is 2.38. The number of aromatic nitrogens is 2. The zero-order valence-electron chi connectivity index (χ0n) is 8.57. The number of rotatable bonds is 2. The van der Waals surface area contributed by atoms with E-state index in [1.807, 2.05) is 0 Å². The Morgan fingerprint density at radius 2 is 2.18 bits per heavy atom. The van der Waals surface area contributed by atoms with Gasteiger partial charge in [0.2, 0.25) is 0 Å². The Bertz CT molecular complexity index is 605. The minimum atomic E-state index is -0.603. The van der Waals surface area contributed by atoms with Gasteiger partial charge in [0.05, 0.1) is 4.92 Å². The molecule has 0 aromatic carbocycles. The molecule has 0 aliphatic rings. The van der Waals surface area contributed by atoms with Crippen molar-refractivity contribution in [3.63, 3.8) is 0 Å². The lowest BCUT2D eigenvalue weighted by Crippen LogP contribution is -1.98. The SMILES string of the molecule is N#Cc1ccnc(-c2cccnc2)c1[N+](=O)[O-]. The van der Waals surface area contributed by atoms with Gasteiger partial charge in [-0.05, 0) is 18.2 Å². The fourth-order valence-corrected chi connectivity index (χ4v) is 1.44. The molecule has 82 valence electrons. The van der Waals surface area contributed by atoms with Crippen LogP contribution in [0.2, 0.25) is 0 Å². The lowest BCUT2D eigenvalue weighted by molar-refractivity contribution is -0.384. The van der Waals surface area contributed by atoms with Gasteiger partial charge in [-0.15, -0.1) is 0 Å². The third kappa shape index (κ3) is 1.94. The van der Waals surface area contributed by atoms with Crippen molar-refractivity contribution in [1.29, 1.82) is 5.26 Å². The lowest BCUT2D eigenvalue weighted by Gasteiger charge is -2.02. The van der Waals surface area contributed by atoms with E-state index in [-0.39, 0.29) is 16.9 Å². The number of hydrogen-bond donors (Lipinski definition) is 0. The van der Waals surface area contributed by atoms with E-state index < -0.39 is 4.92 Å². The van der Waals surface area contributed by atoms with Crippen molar-refractivity contribution in [3.8, 4) is 17.3 Å². The summed E-state index contributed by atoms with van der Waals surface area (Å²) in [6.45, 7) is 0. The summed E-state index contributed by atoms with van der Waals surface area (Å²) in [6.07, 6.45) is 4.40. The van der Waals surface area contributed by atoms with E-state index in [2.05, 4.69) is 9.97 Å². The van der Waals surface area contributed by atoms with Gasteiger partial charge in [-0.3, -0.25) is 15.1 Å². The van der Waals surface area contributed by atoms with Crippen LogP contribution in [0, 0.1) is 21.4 Å². The molecule has 6 heteroatoms. The van der Waals surface area contributed by atoms with Crippen molar-refractivity contribution in [2.45, 2.75) is 0 Å². The summed E-state index contributed by atoms with van der Waals surface area (Å²) < 4.78 is 0. The van der Waals surface area contributed by atoms with Crippen LogP contribution in [0.4, 0.5) is 5.69 Å². The highest BCUT2D eigenvalue weighted by Gasteiger charge is 2.22. The Balaban J connectivity index is 2.71. The Morgan fingerprint density at radius 1 is 1.35 bits per heavy atom. The predicted octanol–water partition coefficient (Wildman–Crippen LogP) is 1.92. The topological polar surface area (TPSA) is 92.7 Å². The fraction of sp³-hybridized carbons (Fsp3) is 0. The van der Waals surface area contributed by atoms with E-state index in [9.17, 15) is 10.1 Å². The molecule has 0 N–H and O–H groups in total. The molecule has 2 rings (SSSR count). The van der Waals surface area contributed by atoms with E-state index in [1.54, 1.807) is 24.4 Å². The first-order valence-corrected chi connectivity index (χ1v) is 4.68. The molecular formula is C11H6N4O2. The van der Waals surface area contributed by atoms with E-state index in [0.717, 1.165) is 0 Å². The summed E-state index contributed by atoms with van der Waals surface area (Å²) >= 11 is 0. The maximum Gasteiger partial charge on any atom is 0.313 e. The molecule has 0 bridgehead atoms. The molecule has 6 nitrogen and oxygen atoms in total. The van der Waals surface area contributed by atoms with Crippen LogP contribution in [-0.4, -0.2) is 14.9 Å². The van der Waals surface area contributed by atoms with Crippen molar-refractivity contribution in [1.82, 2.24) is 9.97 Å². The maximum absolute atomic E-state index is 11.0. The van der Waals surface area contributed by atoms with Crippen LogP contribution in [0.3, 0.4) is 0 Å². The zero-order valence-corrected chi connectivity index (χ0v) is 8.57. The number of hydrogen-bond acceptors (Lipinski definition) is 5. The van der Waals surface area contributed by atoms with Crippen LogP contribution in [0.15, 0.2) is 36.8 Å². The lowest BCUT2D eigenvalue weighted by atomic mass is 10.1. The monoisotopic (exact) mass is 226 g/mol. The number of nitriles is 1. The fourth-order valence-electron chi connectivity index (χ4n) is 1.44. The van der Waals surface area contributed by atoms with Crippen LogP contribution in [0.5, 0.6) is 0 Å². The molecule has 0 spiro atoms. The van der Waals surface area contributed by atoms with E-state index >= 15 is 0 Å². The predicted molar refractivity (Wildman–Crippen MR) is 58.8 cm³/mol. The normalized spacial score (nSPS) is 9.59. The Labute approximate surface area is 96.3 Å². The number of nitro groups is 1. The summed E-state index contributed by atoms with van der Waals surface area (Å²) in [5.41, 5.74) is 0.366. The van der Waals surface area contributed by atoms with Gasteiger partial charge in [-0.25, -0.2) is 4.98 Å². The van der Waals surface area contributed by atoms with Gasteiger partial charge < -0.3 is 0 Å². The van der Waals surface area contributed by atoms with Gasteiger partial charge in [0.1, 0.15) is 11.6 Å². The highest BCUT2D eigenvalue weighted by molar-refractivity contribution is 5.72. The van der Waals surface area contributed by atoms with Gasteiger partial charge in [0.15, 0.2) is 5.69 Å². The largest absolute Gasteiger partial charge is 0.313 e. The second kappa shape index (κ2) is 4.37. The summed E-state index contributed by atoms with van der Waals surface area (Å²) in [7, 11) is 0. The summed E-state index contributed by atoms with van der Waals surface area (Å²) in [4.78, 5) is 18.2. The summed E-state index contributed by atoms with van der Waals surface area (Å²) in [5.74, 6) is 0. The molecule has 2 aromatic rings. The third-order valence-corrected chi connectivity index (χ3v) is 2.16. The van der Waals surface area contributed by atoms with Crippen LogP contribution in [-0.2, 0) is 0 Å². The highest BCUT2D eigenvalue weighted by Crippen LogP contribution is 2.29. The van der Waals surface area contributed by atoms with Crippen LogP contribution >= 0.6 is 0 Å². The molecular weight excluding hydrogens is 220 g/mol. The first-order valence-electron chi connectivity index (χ1n) is 4.68. The van der Waals surface area contributed by atoms with Crippen molar-refractivity contribution in [3.05, 3.63) is 52.5 Å². The molecule has 0 saturated heterocycles. The number of nitrogens with zero attached hydrogens (tertiary/aromatic N) is 4. The zero-order chi connectivity index (χ0) is 12.3. The minimum Gasteiger partial charge on any atom is -0.264 e. The second-order valence-electron chi connectivity index (χ2n) is 3.17. The molecule has 0 amide bonds. The molecule has 0 aliphatic heterocycles. The van der Waals surface area contributed by atoms with Gasteiger partial charge >= 0.3 is 5.69 Å². The molecule has 17 heavy (non-hydrogen) atoms. The molecule has 2 aromatic heterocycles. The first kappa shape index (κ1) is 10.7. The Kier molecular flexibility index (Phi) is 2.75. The summed E-state index contributed by atoms with van der Waals surface area (Å²) in [6, 6.07) is 6.41. The molecule has 0 atom stereocenters. The van der Waals surface area contributed by atoms with Crippen molar-refractivity contribution in [2.75, 3.05) is 0 Å². The van der Waals surface area contributed by atoms with Gasteiger partial charge in [0.25, 0.3) is 0 Å². The third-order valence-electron chi connectivity index (χ3n) is 2.16. The smallest absolute Gasteiger partial charge is 0.264 e.